The van der Waals surface area contributed by atoms with E-state index in [2.05, 4.69) is 24.5 Å². The summed E-state index contributed by atoms with van der Waals surface area (Å²) < 4.78 is 16.6. The SMILES string of the molecule is COc1cc(CNC(=O)C2CNCCO2)ccc1OCCC(C)C. The fourth-order valence-electron chi connectivity index (χ4n) is 2.38. The van der Waals surface area contributed by atoms with E-state index in [9.17, 15) is 4.79 Å². The molecule has 0 bridgehead atoms. The number of rotatable bonds is 8. The molecular weight excluding hydrogens is 308 g/mol. The Kier molecular flexibility index (Phi) is 7.34. The van der Waals surface area contributed by atoms with Gasteiger partial charge in [0.25, 0.3) is 5.91 Å². The fourth-order valence-corrected chi connectivity index (χ4v) is 2.38. The largest absolute Gasteiger partial charge is 0.493 e. The van der Waals surface area contributed by atoms with E-state index >= 15 is 0 Å². The maximum absolute atomic E-state index is 12.1. The van der Waals surface area contributed by atoms with Crippen LogP contribution in [0.4, 0.5) is 0 Å². The molecule has 1 unspecified atom stereocenters. The second-order valence-electron chi connectivity index (χ2n) is 6.30. The Morgan fingerprint density at radius 2 is 2.25 bits per heavy atom. The Hall–Kier alpha value is -1.79. The second-order valence-corrected chi connectivity index (χ2v) is 6.30. The average Bonchev–Trinajstić information content (AvgIpc) is 2.60. The lowest BCUT2D eigenvalue weighted by atomic mass is 10.1. The van der Waals surface area contributed by atoms with Crippen LogP contribution in [0.1, 0.15) is 25.8 Å². The number of nitrogens with one attached hydrogen (secondary N) is 2. The molecular formula is C18H28N2O4. The monoisotopic (exact) mass is 336 g/mol. The summed E-state index contributed by atoms with van der Waals surface area (Å²) in [5.41, 5.74) is 0.958. The van der Waals surface area contributed by atoms with E-state index in [1.807, 2.05) is 18.2 Å². The molecule has 6 heteroatoms. The van der Waals surface area contributed by atoms with Gasteiger partial charge in [-0.05, 0) is 30.0 Å². The molecule has 24 heavy (non-hydrogen) atoms. The smallest absolute Gasteiger partial charge is 0.250 e. The van der Waals surface area contributed by atoms with E-state index < -0.39 is 6.10 Å². The molecule has 1 atom stereocenters. The maximum Gasteiger partial charge on any atom is 0.250 e. The molecule has 2 N–H and O–H groups in total. The normalized spacial score (nSPS) is 17.6. The Labute approximate surface area is 143 Å². The number of morpholine rings is 1. The Morgan fingerprint density at radius 1 is 1.42 bits per heavy atom. The summed E-state index contributed by atoms with van der Waals surface area (Å²) in [4.78, 5) is 12.1. The number of carbonyl (C=O) groups excluding carboxylic acids is 1. The first kappa shape index (κ1) is 18.5. The highest BCUT2D eigenvalue weighted by atomic mass is 16.5. The van der Waals surface area contributed by atoms with Gasteiger partial charge in [0.2, 0.25) is 0 Å². The van der Waals surface area contributed by atoms with Crippen LogP contribution in [-0.2, 0) is 16.1 Å². The van der Waals surface area contributed by atoms with Crippen LogP contribution in [0, 0.1) is 5.92 Å². The third-order valence-electron chi connectivity index (χ3n) is 3.87. The van der Waals surface area contributed by atoms with Gasteiger partial charge in [0.05, 0.1) is 20.3 Å². The zero-order valence-electron chi connectivity index (χ0n) is 14.8. The Balaban J connectivity index is 1.87. The first-order valence-electron chi connectivity index (χ1n) is 8.50. The molecule has 1 aromatic carbocycles. The number of hydrogen-bond donors (Lipinski definition) is 2. The number of methoxy groups -OCH3 is 1. The summed E-state index contributed by atoms with van der Waals surface area (Å²) in [5.74, 6) is 1.91. The first-order chi connectivity index (χ1) is 11.6. The summed E-state index contributed by atoms with van der Waals surface area (Å²) in [6, 6.07) is 5.72. The van der Waals surface area contributed by atoms with Gasteiger partial charge in [-0.2, -0.15) is 0 Å². The van der Waals surface area contributed by atoms with Crippen molar-refractivity contribution >= 4 is 5.91 Å². The van der Waals surface area contributed by atoms with Gasteiger partial charge in [-0.25, -0.2) is 0 Å². The molecule has 6 nitrogen and oxygen atoms in total. The van der Waals surface area contributed by atoms with E-state index in [0.29, 0.717) is 38.0 Å². The zero-order chi connectivity index (χ0) is 17.4. The molecule has 1 fully saturated rings. The molecule has 0 aromatic heterocycles. The van der Waals surface area contributed by atoms with Crippen molar-refractivity contribution in [3.63, 3.8) is 0 Å². The van der Waals surface area contributed by atoms with Gasteiger partial charge < -0.3 is 24.8 Å². The van der Waals surface area contributed by atoms with Gasteiger partial charge in [-0.3, -0.25) is 4.79 Å². The molecule has 0 aliphatic carbocycles. The molecule has 1 aliphatic heterocycles. The van der Waals surface area contributed by atoms with Crippen molar-refractivity contribution in [2.75, 3.05) is 33.4 Å². The van der Waals surface area contributed by atoms with Crippen LogP contribution in [0.3, 0.4) is 0 Å². The molecule has 1 saturated heterocycles. The molecule has 0 spiro atoms. The zero-order valence-corrected chi connectivity index (χ0v) is 14.8. The standard InChI is InChI=1S/C18H28N2O4/c1-13(2)6-8-23-15-5-4-14(10-16(15)22-3)11-20-18(21)17-12-19-7-9-24-17/h4-5,10,13,17,19H,6-9,11-12H2,1-3H3,(H,20,21). The van der Waals surface area contributed by atoms with Crippen molar-refractivity contribution in [1.82, 2.24) is 10.6 Å². The highest BCUT2D eigenvalue weighted by molar-refractivity contribution is 5.81. The molecule has 2 rings (SSSR count). The first-order valence-corrected chi connectivity index (χ1v) is 8.50. The van der Waals surface area contributed by atoms with Crippen LogP contribution < -0.4 is 20.1 Å². The maximum atomic E-state index is 12.1. The van der Waals surface area contributed by atoms with Crippen molar-refractivity contribution in [3.05, 3.63) is 23.8 Å². The fraction of sp³-hybridized carbons (Fsp3) is 0.611. The minimum atomic E-state index is -0.417. The summed E-state index contributed by atoms with van der Waals surface area (Å²) in [5, 5.41) is 6.04. The molecule has 0 radical (unpaired) electrons. The third kappa shape index (κ3) is 5.69. The molecule has 1 heterocycles. The molecule has 1 aliphatic rings. The highest BCUT2D eigenvalue weighted by Gasteiger charge is 2.21. The Bertz CT molecular complexity index is 528. The average molecular weight is 336 g/mol. The van der Waals surface area contributed by atoms with Crippen molar-refractivity contribution < 1.29 is 19.0 Å². The van der Waals surface area contributed by atoms with E-state index in [1.54, 1.807) is 7.11 Å². The highest BCUT2D eigenvalue weighted by Crippen LogP contribution is 2.28. The number of amides is 1. The van der Waals surface area contributed by atoms with Crippen molar-refractivity contribution in [2.24, 2.45) is 5.92 Å². The summed E-state index contributed by atoms with van der Waals surface area (Å²) >= 11 is 0. The molecule has 134 valence electrons. The van der Waals surface area contributed by atoms with Crippen molar-refractivity contribution in [3.8, 4) is 11.5 Å². The van der Waals surface area contributed by atoms with Crippen molar-refractivity contribution in [2.45, 2.75) is 32.9 Å². The van der Waals surface area contributed by atoms with Gasteiger partial charge in [0, 0.05) is 19.6 Å². The quantitative estimate of drug-likeness (QED) is 0.757. The van der Waals surface area contributed by atoms with Gasteiger partial charge in [-0.15, -0.1) is 0 Å². The predicted molar refractivity (Wildman–Crippen MR) is 92.4 cm³/mol. The minimum Gasteiger partial charge on any atom is -0.493 e. The van der Waals surface area contributed by atoms with Gasteiger partial charge in [0.1, 0.15) is 6.10 Å². The van der Waals surface area contributed by atoms with Crippen molar-refractivity contribution in [1.29, 1.82) is 0 Å². The van der Waals surface area contributed by atoms with E-state index in [4.69, 9.17) is 14.2 Å². The summed E-state index contributed by atoms with van der Waals surface area (Å²) in [6.45, 7) is 7.33. The van der Waals surface area contributed by atoms with E-state index in [1.165, 1.54) is 0 Å². The molecule has 1 aromatic rings. The minimum absolute atomic E-state index is 0.0987. The predicted octanol–water partition coefficient (Wildman–Crippen LogP) is 1.72. The lowest BCUT2D eigenvalue weighted by Crippen LogP contribution is -2.47. The Morgan fingerprint density at radius 3 is 2.92 bits per heavy atom. The molecule has 0 saturated carbocycles. The summed E-state index contributed by atoms with van der Waals surface area (Å²) in [7, 11) is 1.62. The van der Waals surface area contributed by atoms with Crippen LogP contribution in [0.5, 0.6) is 11.5 Å². The lowest BCUT2D eigenvalue weighted by molar-refractivity contribution is -0.134. The van der Waals surface area contributed by atoms with Crippen LogP contribution in [0.2, 0.25) is 0 Å². The number of benzene rings is 1. The topological polar surface area (TPSA) is 68.8 Å². The number of ether oxygens (including phenoxy) is 3. The van der Waals surface area contributed by atoms with Gasteiger partial charge in [-0.1, -0.05) is 19.9 Å². The number of carbonyl (C=O) groups is 1. The van der Waals surface area contributed by atoms with Crippen LogP contribution >= 0.6 is 0 Å². The molecule has 1 amide bonds. The second kappa shape index (κ2) is 9.49. The summed E-state index contributed by atoms with van der Waals surface area (Å²) in [6.07, 6.45) is 0.579. The lowest BCUT2D eigenvalue weighted by Gasteiger charge is -2.22. The van der Waals surface area contributed by atoms with Crippen LogP contribution in [-0.4, -0.2) is 45.4 Å². The van der Waals surface area contributed by atoms with Gasteiger partial charge in [0.15, 0.2) is 11.5 Å². The third-order valence-corrected chi connectivity index (χ3v) is 3.87. The number of hydrogen-bond acceptors (Lipinski definition) is 5. The van der Waals surface area contributed by atoms with E-state index in [-0.39, 0.29) is 5.91 Å². The van der Waals surface area contributed by atoms with Gasteiger partial charge >= 0.3 is 0 Å². The van der Waals surface area contributed by atoms with Crippen LogP contribution in [0.25, 0.3) is 0 Å². The van der Waals surface area contributed by atoms with E-state index in [0.717, 1.165) is 24.3 Å². The van der Waals surface area contributed by atoms with Crippen LogP contribution in [0.15, 0.2) is 18.2 Å².